The zero-order chi connectivity index (χ0) is 12.8. The van der Waals surface area contributed by atoms with E-state index in [1.54, 1.807) is 18.6 Å². The van der Waals surface area contributed by atoms with Crippen LogP contribution < -0.4 is 11.1 Å². The van der Waals surface area contributed by atoms with Gasteiger partial charge in [0.05, 0.1) is 11.7 Å². The summed E-state index contributed by atoms with van der Waals surface area (Å²) in [4.78, 5) is 8.56. The Balaban J connectivity index is 2.34. The minimum Gasteiger partial charge on any atom is -0.398 e. The maximum atomic E-state index is 6.02. The van der Waals surface area contributed by atoms with Gasteiger partial charge in [0.15, 0.2) is 0 Å². The van der Waals surface area contributed by atoms with E-state index >= 15 is 0 Å². The summed E-state index contributed by atoms with van der Waals surface area (Å²) in [6, 6.07) is 7.71. The summed E-state index contributed by atoms with van der Waals surface area (Å²) in [5.41, 5.74) is 8.70. The van der Waals surface area contributed by atoms with Gasteiger partial charge in [-0.2, -0.15) is 0 Å². The van der Waals surface area contributed by atoms with Crippen LogP contribution in [-0.4, -0.2) is 16.5 Å². The molecule has 0 aliphatic heterocycles. The first kappa shape index (κ1) is 12.5. The molecule has 4 nitrogen and oxygen atoms in total. The lowest BCUT2D eigenvalue weighted by molar-refractivity contribution is 0.586. The minimum atomic E-state index is -0.000139. The molecular weight excluding hydrogens is 224 g/mol. The Bertz CT molecular complexity index is 484. The largest absolute Gasteiger partial charge is 0.398 e. The van der Waals surface area contributed by atoms with Crippen LogP contribution in [0.1, 0.15) is 30.6 Å². The van der Waals surface area contributed by atoms with Crippen molar-refractivity contribution in [3.63, 3.8) is 0 Å². The van der Waals surface area contributed by atoms with Gasteiger partial charge in [0.25, 0.3) is 0 Å². The second kappa shape index (κ2) is 6.12. The lowest BCUT2D eigenvalue weighted by atomic mass is 10.0. The maximum Gasteiger partial charge on any atom is 0.0786 e. The number of pyridine rings is 2. The Morgan fingerprint density at radius 2 is 2.17 bits per heavy atom. The fraction of sp³-hybridized carbons (Fsp3) is 0.286. The number of nitrogens with zero attached hydrogens (tertiary/aromatic N) is 2. The highest BCUT2D eigenvalue weighted by atomic mass is 14.9. The number of hydrogen-bond donors (Lipinski definition) is 2. The molecule has 0 aliphatic rings. The predicted molar refractivity (Wildman–Crippen MR) is 73.0 cm³/mol. The highest BCUT2D eigenvalue weighted by Crippen LogP contribution is 2.24. The van der Waals surface area contributed by atoms with E-state index in [0.29, 0.717) is 0 Å². The molecule has 2 aromatic heterocycles. The van der Waals surface area contributed by atoms with E-state index in [1.165, 1.54) is 0 Å². The molecule has 2 heterocycles. The van der Waals surface area contributed by atoms with Gasteiger partial charge >= 0.3 is 0 Å². The number of rotatable bonds is 5. The molecule has 2 aromatic rings. The molecule has 3 N–H and O–H groups in total. The molecule has 0 amide bonds. The van der Waals surface area contributed by atoms with Gasteiger partial charge in [-0.3, -0.25) is 9.97 Å². The topological polar surface area (TPSA) is 63.8 Å². The highest BCUT2D eigenvalue weighted by molar-refractivity contribution is 5.48. The zero-order valence-electron chi connectivity index (χ0n) is 10.5. The van der Waals surface area contributed by atoms with Crippen molar-refractivity contribution in [3.8, 4) is 0 Å². The second-order valence-electron chi connectivity index (χ2n) is 4.15. The van der Waals surface area contributed by atoms with Crippen molar-refractivity contribution in [1.82, 2.24) is 15.3 Å². The second-order valence-corrected chi connectivity index (χ2v) is 4.15. The third-order valence-electron chi connectivity index (χ3n) is 2.78. The van der Waals surface area contributed by atoms with Gasteiger partial charge in [0.1, 0.15) is 0 Å². The molecule has 1 atom stereocenters. The molecule has 0 spiro atoms. The SMILES string of the molecule is CCCNC(c1ccccn1)c1cnccc1N. The van der Waals surface area contributed by atoms with Gasteiger partial charge in [-0.25, -0.2) is 0 Å². The first-order valence-electron chi connectivity index (χ1n) is 6.16. The summed E-state index contributed by atoms with van der Waals surface area (Å²) < 4.78 is 0. The number of anilines is 1. The Morgan fingerprint density at radius 3 is 2.83 bits per heavy atom. The molecule has 0 saturated carbocycles. The van der Waals surface area contributed by atoms with Crippen LogP contribution in [0.3, 0.4) is 0 Å². The first-order valence-corrected chi connectivity index (χ1v) is 6.16. The number of nitrogens with two attached hydrogens (primary N) is 1. The third-order valence-corrected chi connectivity index (χ3v) is 2.78. The smallest absolute Gasteiger partial charge is 0.0786 e. The van der Waals surface area contributed by atoms with Crippen LogP contribution in [0.2, 0.25) is 0 Å². The third kappa shape index (κ3) is 2.84. The molecule has 0 aromatic carbocycles. The van der Waals surface area contributed by atoms with Crippen molar-refractivity contribution in [2.24, 2.45) is 0 Å². The Labute approximate surface area is 107 Å². The molecule has 0 saturated heterocycles. The molecule has 1 unspecified atom stereocenters. The van der Waals surface area contributed by atoms with Crippen LogP contribution in [0.5, 0.6) is 0 Å². The van der Waals surface area contributed by atoms with E-state index < -0.39 is 0 Å². The van der Waals surface area contributed by atoms with E-state index in [2.05, 4.69) is 22.2 Å². The number of aromatic nitrogens is 2. The van der Waals surface area contributed by atoms with E-state index in [-0.39, 0.29) is 6.04 Å². The lowest BCUT2D eigenvalue weighted by Crippen LogP contribution is -2.25. The fourth-order valence-corrected chi connectivity index (χ4v) is 1.87. The van der Waals surface area contributed by atoms with Crippen molar-refractivity contribution in [2.75, 3.05) is 12.3 Å². The first-order chi connectivity index (χ1) is 8.83. The van der Waals surface area contributed by atoms with Crippen molar-refractivity contribution < 1.29 is 0 Å². The zero-order valence-corrected chi connectivity index (χ0v) is 10.5. The molecular formula is C14H18N4. The maximum absolute atomic E-state index is 6.02. The van der Waals surface area contributed by atoms with Crippen molar-refractivity contribution in [3.05, 3.63) is 54.1 Å². The van der Waals surface area contributed by atoms with E-state index in [1.807, 2.05) is 24.3 Å². The summed E-state index contributed by atoms with van der Waals surface area (Å²) in [5, 5.41) is 3.46. The molecule has 94 valence electrons. The average molecular weight is 242 g/mol. The summed E-state index contributed by atoms with van der Waals surface area (Å²) in [7, 11) is 0. The van der Waals surface area contributed by atoms with Gasteiger partial charge in [-0.1, -0.05) is 13.0 Å². The van der Waals surface area contributed by atoms with Crippen LogP contribution in [0, 0.1) is 0 Å². The lowest BCUT2D eigenvalue weighted by Gasteiger charge is -2.19. The number of hydrogen-bond acceptors (Lipinski definition) is 4. The van der Waals surface area contributed by atoms with Gasteiger partial charge in [0, 0.05) is 29.8 Å². The van der Waals surface area contributed by atoms with Gasteiger partial charge in [-0.15, -0.1) is 0 Å². The Morgan fingerprint density at radius 1 is 1.28 bits per heavy atom. The van der Waals surface area contributed by atoms with Crippen LogP contribution in [0.15, 0.2) is 42.9 Å². The van der Waals surface area contributed by atoms with E-state index in [4.69, 9.17) is 5.73 Å². The van der Waals surface area contributed by atoms with Crippen LogP contribution in [-0.2, 0) is 0 Å². The van der Waals surface area contributed by atoms with E-state index in [0.717, 1.165) is 29.9 Å². The molecule has 0 fully saturated rings. The molecule has 18 heavy (non-hydrogen) atoms. The summed E-state index contributed by atoms with van der Waals surface area (Å²) >= 11 is 0. The monoisotopic (exact) mass is 242 g/mol. The highest BCUT2D eigenvalue weighted by Gasteiger charge is 2.16. The summed E-state index contributed by atoms with van der Waals surface area (Å²) in [6.07, 6.45) is 6.36. The molecule has 0 bridgehead atoms. The standard InChI is InChI=1S/C14H18N4/c1-2-7-18-14(13-5-3-4-8-17-13)11-10-16-9-6-12(11)15/h3-6,8-10,14,18H,2,7H2,1H3,(H2,15,16). The predicted octanol–water partition coefficient (Wildman–Crippen LogP) is 2.15. The van der Waals surface area contributed by atoms with Crippen LogP contribution in [0.25, 0.3) is 0 Å². The van der Waals surface area contributed by atoms with Crippen LogP contribution >= 0.6 is 0 Å². The Hall–Kier alpha value is -1.94. The molecule has 0 aliphatic carbocycles. The van der Waals surface area contributed by atoms with Gasteiger partial charge < -0.3 is 11.1 Å². The fourth-order valence-electron chi connectivity index (χ4n) is 1.87. The molecule has 4 heteroatoms. The van der Waals surface area contributed by atoms with Crippen molar-refractivity contribution in [1.29, 1.82) is 0 Å². The van der Waals surface area contributed by atoms with Gasteiger partial charge in [-0.05, 0) is 31.2 Å². The Kier molecular flexibility index (Phi) is 4.25. The van der Waals surface area contributed by atoms with E-state index in [9.17, 15) is 0 Å². The molecule has 2 rings (SSSR count). The van der Waals surface area contributed by atoms with Gasteiger partial charge in [0.2, 0.25) is 0 Å². The minimum absolute atomic E-state index is 0.000139. The summed E-state index contributed by atoms with van der Waals surface area (Å²) in [5.74, 6) is 0. The average Bonchev–Trinajstić information content (AvgIpc) is 2.42. The number of nitrogens with one attached hydrogen (secondary N) is 1. The quantitative estimate of drug-likeness (QED) is 0.843. The summed E-state index contributed by atoms with van der Waals surface area (Å²) in [6.45, 7) is 3.05. The van der Waals surface area contributed by atoms with Crippen molar-refractivity contribution >= 4 is 5.69 Å². The normalized spacial score (nSPS) is 12.3. The number of nitrogen functional groups attached to an aromatic ring is 1. The van der Waals surface area contributed by atoms with Crippen molar-refractivity contribution in [2.45, 2.75) is 19.4 Å². The van der Waals surface area contributed by atoms with Crippen LogP contribution in [0.4, 0.5) is 5.69 Å². The molecule has 0 radical (unpaired) electrons.